The molecule has 0 saturated heterocycles. The number of ketones is 6. The number of aliphatic hydroxyl groups is 9. The first-order valence-corrected chi connectivity index (χ1v) is 30.4. The molecule has 0 spiro atoms. The van der Waals surface area contributed by atoms with E-state index >= 15 is 0 Å². The predicted octanol–water partition coefficient (Wildman–Crippen LogP) is 0.308. The van der Waals surface area contributed by atoms with Crippen LogP contribution in [0.5, 0.6) is 17.2 Å². The van der Waals surface area contributed by atoms with Crippen LogP contribution in [0.2, 0.25) is 0 Å². The molecule has 12 rings (SSSR count). The Morgan fingerprint density at radius 3 is 1.09 bits per heavy atom. The third-order valence-corrected chi connectivity index (χ3v) is 20.9. The third kappa shape index (κ3) is 9.70. The Hall–Kier alpha value is -10.3. The molecule has 0 aliphatic heterocycles. The molecule has 3 aromatic rings. The number of amides is 3. The number of aliphatic hydroxyl groups excluding tert-OH is 6. The van der Waals surface area contributed by atoms with E-state index in [0.717, 1.165) is 11.6 Å². The number of hydrogen-bond donors (Lipinski definition) is 16. The molecule has 514 valence electrons. The van der Waals surface area contributed by atoms with Crippen LogP contribution in [0, 0.1) is 66.4 Å². The van der Waals surface area contributed by atoms with E-state index in [1.165, 1.54) is 34.9 Å². The minimum Gasteiger partial charge on any atom is -0.508 e. The van der Waals surface area contributed by atoms with Crippen LogP contribution in [-0.4, -0.2) is 211 Å². The first-order chi connectivity index (χ1) is 45.0. The second-order valence-electron chi connectivity index (χ2n) is 26.8. The van der Waals surface area contributed by atoms with Gasteiger partial charge in [0.1, 0.15) is 62.8 Å². The van der Waals surface area contributed by atoms with Gasteiger partial charge in [-0.25, -0.2) is 0 Å². The van der Waals surface area contributed by atoms with Crippen molar-refractivity contribution in [3.05, 3.63) is 135 Å². The highest BCUT2D eigenvalue weighted by atomic mass is 16.6. The van der Waals surface area contributed by atoms with Crippen LogP contribution < -0.4 is 22.9 Å². The fraction of sp³-hybridized carbons (Fsp3) is 0.409. The number of nitrogen functional groups attached to an aromatic ring is 1. The number of aryl methyl sites for hydroxylation is 3. The van der Waals surface area contributed by atoms with Crippen molar-refractivity contribution in [1.29, 1.82) is 0 Å². The van der Waals surface area contributed by atoms with E-state index in [2.05, 4.69) is 0 Å². The molecule has 0 aromatic heterocycles. The summed E-state index contributed by atoms with van der Waals surface area (Å²) in [5.41, 5.74) is 13.1. The zero-order valence-corrected chi connectivity index (χ0v) is 53.7. The molecule has 97 heavy (non-hydrogen) atoms. The predicted molar refractivity (Wildman–Crippen MR) is 338 cm³/mol. The lowest BCUT2D eigenvalue weighted by atomic mass is 9.57. The fourth-order valence-corrected chi connectivity index (χ4v) is 16.5. The maximum Gasteiger partial charge on any atom is 0.311 e. The number of nitro benzene ring substituents is 1. The summed E-state index contributed by atoms with van der Waals surface area (Å²) in [5, 5.41) is 142. The minimum absolute atomic E-state index is 0.00112. The zero-order chi connectivity index (χ0) is 72.3. The Kier molecular flexibility index (Phi) is 16.8. The smallest absolute Gasteiger partial charge is 0.311 e. The molecule has 0 heterocycles. The lowest BCUT2D eigenvalue weighted by Gasteiger charge is -2.50. The Morgan fingerprint density at radius 2 is 0.784 bits per heavy atom. The molecule has 31 nitrogen and oxygen atoms in total. The van der Waals surface area contributed by atoms with Crippen molar-refractivity contribution in [2.45, 2.75) is 94.2 Å². The first kappa shape index (κ1) is 69.5. The molecule has 3 fully saturated rings. The van der Waals surface area contributed by atoms with E-state index in [-0.39, 0.29) is 77.0 Å². The summed E-state index contributed by atoms with van der Waals surface area (Å²) in [6.07, 6.45) is 0.703. The van der Waals surface area contributed by atoms with Gasteiger partial charge in [-0.15, -0.1) is 0 Å². The maximum absolute atomic E-state index is 13.6. The van der Waals surface area contributed by atoms with Gasteiger partial charge in [0.15, 0.2) is 34.2 Å². The van der Waals surface area contributed by atoms with Crippen molar-refractivity contribution in [3.63, 3.8) is 0 Å². The van der Waals surface area contributed by atoms with Crippen LogP contribution in [0.15, 0.2) is 75.0 Å². The van der Waals surface area contributed by atoms with Gasteiger partial charge in [-0.3, -0.25) is 68.0 Å². The van der Waals surface area contributed by atoms with Gasteiger partial charge in [0.25, 0.3) is 17.7 Å². The summed E-state index contributed by atoms with van der Waals surface area (Å²) < 4.78 is 0. The number of rotatable bonds is 7. The van der Waals surface area contributed by atoms with E-state index in [1.807, 2.05) is 6.92 Å². The molecule has 3 aromatic carbocycles. The lowest BCUT2D eigenvalue weighted by molar-refractivity contribution is -0.386. The molecule has 0 radical (unpaired) electrons. The fourth-order valence-electron chi connectivity index (χ4n) is 16.5. The molecule has 31 heteroatoms. The summed E-state index contributed by atoms with van der Waals surface area (Å²) in [7, 11) is 9.26. The van der Waals surface area contributed by atoms with Crippen LogP contribution in [0.25, 0.3) is 17.3 Å². The van der Waals surface area contributed by atoms with E-state index in [0.29, 0.717) is 34.2 Å². The largest absolute Gasteiger partial charge is 0.508 e. The van der Waals surface area contributed by atoms with Crippen LogP contribution >= 0.6 is 0 Å². The summed E-state index contributed by atoms with van der Waals surface area (Å²) in [6.45, 7) is 5.14. The van der Waals surface area contributed by atoms with Crippen molar-refractivity contribution in [2.24, 2.45) is 52.7 Å². The lowest BCUT2D eigenvalue weighted by Crippen LogP contribution is -2.65. The molecule has 20 N–H and O–H groups in total. The Balaban J connectivity index is 0.000000158. The van der Waals surface area contributed by atoms with Crippen molar-refractivity contribution in [2.75, 3.05) is 48.0 Å². The van der Waals surface area contributed by atoms with E-state index in [1.54, 1.807) is 54.2 Å². The summed E-state index contributed by atoms with van der Waals surface area (Å²) >= 11 is 0. The first-order valence-electron chi connectivity index (χ1n) is 30.4. The molecule has 0 bridgehead atoms. The van der Waals surface area contributed by atoms with Crippen molar-refractivity contribution in [3.8, 4) is 17.2 Å². The number of nitrogens with two attached hydrogens (primary N) is 4. The van der Waals surface area contributed by atoms with Crippen molar-refractivity contribution < 1.29 is 109 Å². The molecule has 3 amide bonds. The van der Waals surface area contributed by atoms with E-state index < -0.39 is 196 Å². The normalized spacial score (nSPS) is 29.5. The van der Waals surface area contributed by atoms with Crippen molar-refractivity contribution in [1.82, 2.24) is 14.7 Å². The number of likely N-dealkylation sites (N-methyl/N-ethyl adjacent to an activating group) is 3. The van der Waals surface area contributed by atoms with Gasteiger partial charge < -0.3 is 84.2 Å². The van der Waals surface area contributed by atoms with Gasteiger partial charge in [-0.2, -0.15) is 0 Å². The third-order valence-electron chi connectivity index (χ3n) is 20.9. The quantitative estimate of drug-likeness (QED) is 0.0497. The molecule has 9 aliphatic rings. The summed E-state index contributed by atoms with van der Waals surface area (Å²) in [6, 6.07) is 2.47. The molecule has 0 unspecified atom stereocenters. The molecular formula is C66H72N8O23. The number of phenols is 3. The minimum atomic E-state index is -2.75. The monoisotopic (exact) mass is 1340 g/mol. The number of hydrogen-bond acceptors (Lipinski definition) is 27. The summed E-state index contributed by atoms with van der Waals surface area (Å²) in [4.78, 5) is 130. The number of phenolic OH excluding ortho intramolecular Hbond substituents is 3. The maximum atomic E-state index is 13.6. The molecule has 9 aliphatic carbocycles. The highest BCUT2D eigenvalue weighted by Gasteiger charge is 2.68. The van der Waals surface area contributed by atoms with Crippen LogP contribution in [0.1, 0.15) is 69.3 Å². The number of nitrogens with zero attached hydrogens (tertiary/aromatic N) is 4. The van der Waals surface area contributed by atoms with Crippen molar-refractivity contribution >= 4 is 81.1 Å². The van der Waals surface area contributed by atoms with Crippen LogP contribution in [-0.2, 0) is 62.4 Å². The Bertz CT molecular complexity index is 4420. The summed E-state index contributed by atoms with van der Waals surface area (Å²) in [5.74, 6) is -21.3. The molecule has 3 saturated carbocycles. The van der Waals surface area contributed by atoms with Gasteiger partial charge in [-0.05, 0) is 165 Å². The Morgan fingerprint density at radius 1 is 0.485 bits per heavy atom. The SMILES string of the molecule is Cc1cc(N)c(O)c2c1C[C@H]1C[C@H]3[C@H](N(C)C)C(=O)C(C(N)=O)=C(O)[C@@]3(O)C(=O)C1=C2O.Cc1cc([N+](=O)[O-])c(O)c2c1C[C@H]1C[C@H]3[C@H](N(C)C)C(=O)C(C(N)=O)=C(O)[C@@]3(O)C(=O)C1=C2O.Cc1ccc(O)c2c1C[C@H]1C[C@H]3[C@H](N(C)C)C(=O)C(C(N)=O)=C(O)[C@@]3(O)C(=O)C1=C2O. The van der Waals surface area contributed by atoms with Crippen LogP contribution in [0.3, 0.4) is 0 Å². The van der Waals surface area contributed by atoms with Gasteiger partial charge >= 0.3 is 5.69 Å². The molecular weight excluding hydrogens is 1270 g/mol. The zero-order valence-electron chi connectivity index (χ0n) is 53.7. The number of carbonyl (C=O) groups is 9. The number of aromatic hydroxyl groups is 3. The van der Waals surface area contributed by atoms with E-state index in [4.69, 9.17) is 22.9 Å². The van der Waals surface area contributed by atoms with Gasteiger partial charge in [-0.1, -0.05) is 6.07 Å². The second-order valence-corrected chi connectivity index (χ2v) is 26.8. The number of primary amides is 3. The average molecular weight is 1350 g/mol. The average Bonchev–Trinajstić information content (AvgIpc) is 0.713. The highest BCUT2D eigenvalue weighted by Crippen LogP contribution is 2.57. The highest BCUT2D eigenvalue weighted by molar-refractivity contribution is 6.27. The standard InChI is InChI=1S/C22H23N3O9.C22H25N3O7.C22H24N2O7/c1-7-4-11(25(33)34)16(26)13-9(7)5-8-6-10-15(24(2)3)18(28)14(21(23)31)20(30)22(10,32)19(29)12(8)17(13)27;1-7-4-11(23)16(26)13-9(7)5-8-6-10-15(25(2)3)18(28)14(21(24)31)20(30)22(10,32)19(29)12(8)17(13)27;1-8-4-5-12(25)14-10(8)6-9-7-11-16(24(2)3)18(27)15(21(23)30)20(29)22(11,31)19(28)13(9)17(14)26/h4,8,10,15,26-27,30,32H,5-6H2,1-3H3,(H2,23,31);4,8,10,15,26-27,30,32H,5-6,23H2,1-3H3,(H2,24,31);4-5,9,11,16,25-26,29,31H,6-7H2,1-3H3,(H2,23,30)/t2*8-,10-,15-,22-;9-,11-,16-,22-/m000/s1. The van der Waals surface area contributed by atoms with Gasteiger partial charge in [0, 0.05) is 40.5 Å². The number of fused-ring (bicyclic) bond motifs is 9. The number of anilines is 1. The number of carbonyl (C=O) groups excluding carboxylic acids is 9. The molecule has 12 atom stereocenters. The number of nitro groups is 1. The number of Topliss-reactive ketones (excluding diaryl/α,β-unsaturated/α-hetero) is 6. The second kappa shape index (κ2) is 23.5. The van der Waals surface area contributed by atoms with Gasteiger partial charge in [0.2, 0.25) is 23.1 Å². The topological polar surface area (TPSA) is 553 Å². The van der Waals surface area contributed by atoms with Gasteiger partial charge in [0.05, 0.1) is 45.4 Å². The van der Waals surface area contributed by atoms with E-state index in [9.17, 15) is 115 Å². The Labute approximate surface area is 550 Å². The van der Waals surface area contributed by atoms with Crippen LogP contribution in [0.4, 0.5) is 11.4 Å². The number of benzene rings is 3.